The van der Waals surface area contributed by atoms with Gasteiger partial charge >= 0.3 is 0 Å². The first kappa shape index (κ1) is 13.7. The van der Waals surface area contributed by atoms with Crippen molar-refractivity contribution >= 4 is 5.91 Å². The zero-order chi connectivity index (χ0) is 13.7. The lowest BCUT2D eigenvalue weighted by atomic mass is 9.87. The monoisotopic (exact) mass is 265 g/mol. The lowest BCUT2D eigenvalue weighted by Crippen LogP contribution is -2.39. The second-order valence-electron chi connectivity index (χ2n) is 5.13. The Kier molecular flexibility index (Phi) is 4.31. The molecule has 0 atom stereocenters. The molecule has 1 aromatic rings. The number of carbonyl (C=O) groups is 1. The fourth-order valence-corrected chi connectivity index (χ4v) is 2.66. The van der Waals surface area contributed by atoms with E-state index in [1.54, 1.807) is 7.11 Å². The van der Waals surface area contributed by atoms with Crippen molar-refractivity contribution in [2.45, 2.75) is 25.7 Å². The van der Waals surface area contributed by atoms with E-state index in [9.17, 15) is 9.59 Å². The summed E-state index contributed by atoms with van der Waals surface area (Å²) in [5.74, 6) is -0.299. The molecule has 1 saturated carbocycles. The van der Waals surface area contributed by atoms with E-state index in [0.717, 1.165) is 19.0 Å². The number of hydrogen-bond donors (Lipinski definition) is 2. The van der Waals surface area contributed by atoms with E-state index in [2.05, 4.69) is 15.3 Å². The number of aromatic nitrogens is 2. The number of nitrogens with zero attached hydrogens (tertiary/aromatic N) is 1. The molecule has 0 spiro atoms. The first-order chi connectivity index (χ1) is 9.15. The maximum Gasteiger partial charge on any atom is 0.269 e. The molecule has 2 rings (SSSR count). The van der Waals surface area contributed by atoms with Crippen molar-refractivity contribution < 1.29 is 9.53 Å². The van der Waals surface area contributed by atoms with Gasteiger partial charge in [0.25, 0.3) is 11.5 Å². The van der Waals surface area contributed by atoms with Crippen LogP contribution >= 0.6 is 0 Å². The Bertz CT molecular complexity index is 492. The zero-order valence-corrected chi connectivity index (χ0v) is 11.1. The largest absolute Gasteiger partial charge is 0.384 e. The van der Waals surface area contributed by atoms with Crippen LogP contribution in [0.1, 0.15) is 36.2 Å². The first-order valence-corrected chi connectivity index (χ1v) is 6.47. The maximum atomic E-state index is 11.9. The Morgan fingerprint density at radius 1 is 1.47 bits per heavy atom. The van der Waals surface area contributed by atoms with Gasteiger partial charge in [-0.3, -0.25) is 14.6 Å². The third kappa shape index (κ3) is 3.41. The van der Waals surface area contributed by atoms with Crippen molar-refractivity contribution in [3.05, 3.63) is 28.4 Å². The Balaban J connectivity index is 1.97. The molecule has 0 bridgehead atoms. The van der Waals surface area contributed by atoms with E-state index in [1.165, 1.54) is 19.0 Å². The highest BCUT2D eigenvalue weighted by Gasteiger charge is 2.34. The van der Waals surface area contributed by atoms with Crippen LogP contribution in [0.4, 0.5) is 0 Å². The molecule has 1 heterocycles. The lowest BCUT2D eigenvalue weighted by Gasteiger charge is -2.28. The molecule has 19 heavy (non-hydrogen) atoms. The highest BCUT2D eigenvalue weighted by molar-refractivity contribution is 5.91. The SMILES string of the molecule is COCC1(CNC(=O)c2cncc(=O)[nH]2)CCCC1. The van der Waals surface area contributed by atoms with Gasteiger partial charge < -0.3 is 15.0 Å². The minimum atomic E-state index is -0.375. The summed E-state index contributed by atoms with van der Waals surface area (Å²) in [4.78, 5) is 29.2. The van der Waals surface area contributed by atoms with E-state index in [0.29, 0.717) is 13.2 Å². The fourth-order valence-electron chi connectivity index (χ4n) is 2.66. The third-order valence-corrected chi connectivity index (χ3v) is 3.64. The van der Waals surface area contributed by atoms with Crippen LogP contribution < -0.4 is 10.9 Å². The molecule has 0 saturated heterocycles. The summed E-state index contributed by atoms with van der Waals surface area (Å²) in [5.41, 5.74) is -0.148. The summed E-state index contributed by atoms with van der Waals surface area (Å²) >= 11 is 0. The maximum absolute atomic E-state index is 11.9. The molecule has 0 aliphatic heterocycles. The highest BCUT2D eigenvalue weighted by atomic mass is 16.5. The van der Waals surface area contributed by atoms with Crippen LogP contribution in [0.25, 0.3) is 0 Å². The van der Waals surface area contributed by atoms with Gasteiger partial charge in [-0.05, 0) is 12.8 Å². The second kappa shape index (κ2) is 5.97. The van der Waals surface area contributed by atoms with Crippen LogP contribution in [0.15, 0.2) is 17.2 Å². The van der Waals surface area contributed by atoms with E-state index in [4.69, 9.17) is 4.74 Å². The van der Waals surface area contributed by atoms with E-state index < -0.39 is 0 Å². The number of hydrogen-bond acceptors (Lipinski definition) is 4. The van der Waals surface area contributed by atoms with Crippen molar-refractivity contribution in [3.8, 4) is 0 Å². The predicted molar refractivity (Wildman–Crippen MR) is 70.0 cm³/mol. The van der Waals surface area contributed by atoms with Crippen molar-refractivity contribution in [1.82, 2.24) is 15.3 Å². The number of nitrogens with one attached hydrogen (secondary N) is 2. The van der Waals surface area contributed by atoms with Crippen molar-refractivity contribution in [2.24, 2.45) is 5.41 Å². The quantitative estimate of drug-likeness (QED) is 0.821. The summed E-state index contributed by atoms with van der Waals surface area (Å²) in [6.07, 6.45) is 6.95. The predicted octanol–water partition coefficient (Wildman–Crippen LogP) is 0.706. The van der Waals surface area contributed by atoms with Crippen LogP contribution in [0.2, 0.25) is 0 Å². The summed E-state index contributed by atoms with van der Waals surface area (Å²) in [7, 11) is 1.68. The molecule has 0 radical (unpaired) electrons. The number of aromatic amines is 1. The molecular formula is C13H19N3O3. The minimum absolute atomic E-state index is 0.0346. The highest BCUT2D eigenvalue weighted by Crippen LogP contribution is 2.37. The topological polar surface area (TPSA) is 84.1 Å². The second-order valence-corrected chi connectivity index (χ2v) is 5.13. The van der Waals surface area contributed by atoms with E-state index >= 15 is 0 Å². The summed E-state index contributed by atoms with van der Waals surface area (Å²) < 4.78 is 5.26. The molecule has 6 nitrogen and oxygen atoms in total. The van der Waals surface area contributed by atoms with Gasteiger partial charge in [-0.2, -0.15) is 0 Å². The van der Waals surface area contributed by atoms with Gasteiger partial charge in [0.2, 0.25) is 0 Å². The fraction of sp³-hybridized carbons (Fsp3) is 0.615. The van der Waals surface area contributed by atoms with Gasteiger partial charge in [-0.25, -0.2) is 0 Å². The van der Waals surface area contributed by atoms with Crippen LogP contribution in [0.3, 0.4) is 0 Å². The molecule has 1 aromatic heterocycles. The van der Waals surface area contributed by atoms with Crippen LogP contribution in [-0.4, -0.2) is 36.1 Å². The number of rotatable bonds is 5. The standard InChI is InChI=1S/C13H19N3O3/c1-19-9-13(4-2-3-5-13)8-15-12(18)10-6-14-7-11(17)16-10/h6-7H,2-5,8-9H2,1H3,(H,15,18)(H,16,17). The Morgan fingerprint density at radius 3 is 2.84 bits per heavy atom. The Morgan fingerprint density at radius 2 is 2.21 bits per heavy atom. The van der Waals surface area contributed by atoms with Crippen molar-refractivity contribution in [1.29, 1.82) is 0 Å². The van der Waals surface area contributed by atoms with Gasteiger partial charge in [-0.15, -0.1) is 0 Å². The summed E-state index contributed by atoms with van der Waals surface area (Å²) in [6, 6.07) is 0. The molecule has 1 fully saturated rings. The number of H-pyrrole nitrogens is 1. The summed E-state index contributed by atoms with van der Waals surface area (Å²) in [5, 5.41) is 2.86. The summed E-state index contributed by atoms with van der Waals surface area (Å²) in [6.45, 7) is 1.22. The average Bonchev–Trinajstić information content (AvgIpc) is 2.85. The molecule has 2 N–H and O–H groups in total. The third-order valence-electron chi connectivity index (χ3n) is 3.64. The first-order valence-electron chi connectivity index (χ1n) is 6.47. The molecule has 0 unspecified atom stereocenters. The molecule has 1 amide bonds. The minimum Gasteiger partial charge on any atom is -0.384 e. The lowest BCUT2D eigenvalue weighted by molar-refractivity contribution is 0.0738. The van der Waals surface area contributed by atoms with Gasteiger partial charge in [0.1, 0.15) is 5.69 Å². The molecular weight excluding hydrogens is 246 g/mol. The van der Waals surface area contributed by atoms with Crippen LogP contribution in [-0.2, 0) is 4.74 Å². The van der Waals surface area contributed by atoms with Crippen LogP contribution in [0, 0.1) is 5.41 Å². The molecule has 104 valence electrons. The smallest absolute Gasteiger partial charge is 0.269 e. The average molecular weight is 265 g/mol. The Hall–Kier alpha value is -1.69. The number of amides is 1. The van der Waals surface area contributed by atoms with Gasteiger partial charge in [0.05, 0.1) is 19.0 Å². The van der Waals surface area contributed by atoms with E-state index in [-0.39, 0.29) is 22.6 Å². The number of methoxy groups -OCH3 is 1. The van der Waals surface area contributed by atoms with Gasteiger partial charge in [-0.1, -0.05) is 12.8 Å². The number of carbonyl (C=O) groups excluding carboxylic acids is 1. The zero-order valence-electron chi connectivity index (χ0n) is 11.1. The van der Waals surface area contributed by atoms with Gasteiger partial charge in [0, 0.05) is 19.1 Å². The van der Waals surface area contributed by atoms with Gasteiger partial charge in [0.15, 0.2) is 0 Å². The molecule has 6 heteroatoms. The molecule has 1 aliphatic carbocycles. The van der Waals surface area contributed by atoms with Crippen LogP contribution in [0.5, 0.6) is 0 Å². The normalized spacial score (nSPS) is 17.3. The molecule has 0 aromatic carbocycles. The van der Waals surface area contributed by atoms with E-state index in [1.807, 2.05) is 0 Å². The van der Waals surface area contributed by atoms with Crippen molar-refractivity contribution in [2.75, 3.05) is 20.3 Å². The van der Waals surface area contributed by atoms with Crippen molar-refractivity contribution in [3.63, 3.8) is 0 Å². The Labute approximate surface area is 111 Å². The number of ether oxygens (including phenoxy) is 1. The molecule has 1 aliphatic rings.